The molecule has 56 valence electrons. The number of allylic oxidation sites excluding steroid dienone is 1. The summed E-state index contributed by atoms with van der Waals surface area (Å²) in [5.41, 5.74) is 0. The van der Waals surface area contributed by atoms with Crippen LogP contribution >= 0.6 is 0 Å². The van der Waals surface area contributed by atoms with Gasteiger partial charge in [-0.05, 0) is 17.9 Å². The van der Waals surface area contributed by atoms with Crippen LogP contribution < -0.4 is 0 Å². The average Bonchev–Trinajstić information content (AvgIpc) is 1.69. The monoisotopic (exact) mass is 150 g/mol. The molecule has 0 aromatic heterocycles. The number of carboxylic acids is 1. The molecule has 0 atom stereocenters. The minimum atomic E-state index is -1.19. The third-order valence-corrected chi connectivity index (χ3v) is 0.135. The zero-order chi connectivity index (χ0) is 6.99. The lowest BCUT2D eigenvalue weighted by Gasteiger charge is -1.72. The minimum Gasteiger partial charge on any atom is -0.480 e. The van der Waals surface area contributed by atoms with Crippen molar-refractivity contribution in [2.24, 2.45) is 0 Å². The van der Waals surface area contributed by atoms with Crippen LogP contribution in [0, 0.1) is 0 Å². The third-order valence-electron chi connectivity index (χ3n) is 0.135. The highest BCUT2D eigenvalue weighted by Gasteiger charge is 1.82. The Morgan fingerprint density at radius 3 is 1.89 bits per heavy atom. The first kappa shape index (κ1) is 15.8. The van der Waals surface area contributed by atoms with E-state index in [4.69, 9.17) is 15.0 Å². The van der Waals surface area contributed by atoms with Gasteiger partial charge in [-0.1, -0.05) is 6.08 Å². The van der Waals surface area contributed by atoms with E-state index in [0.29, 0.717) is 0 Å². The Morgan fingerprint density at radius 1 is 1.78 bits per heavy atom. The van der Waals surface area contributed by atoms with Crippen LogP contribution in [0.3, 0.4) is 0 Å². The molecule has 0 aliphatic heterocycles. The molecule has 4 heteroatoms. The fraction of sp³-hybridized carbons (Fsp3) is 0.400. The van der Waals surface area contributed by atoms with Gasteiger partial charge < -0.3 is 10.2 Å². The van der Waals surface area contributed by atoms with Crippen LogP contribution in [-0.4, -0.2) is 33.8 Å². The molecule has 0 bridgehead atoms. The smallest absolute Gasteiger partial charge is 0.329 e. The van der Waals surface area contributed by atoms with Crippen LogP contribution in [0.4, 0.5) is 0 Å². The van der Waals surface area contributed by atoms with Crippen molar-refractivity contribution < 1.29 is 15.0 Å². The van der Waals surface area contributed by atoms with Gasteiger partial charge in [-0.3, -0.25) is 0 Å². The van der Waals surface area contributed by atoms with Crippen LogP contribution in [0.15, 0.2) is 12.7 Å². The van der Waals surface area contributed by atoms with Gasteiger partial charge in [-0.2, -0.15) is 0 Å². The van der Waals surface area contributed by atoms with Crippen molar-refractivity contribution in [2.45, 2.75) is 6.92 Å². The van der Waals surface area contributed by atoms with Crippen LogP contribution in [0.2, 0.25) is 0 Å². The number of hydrogen-bond acceptors (Lipinski definition) is 2. The first-order valence-electron chi connectivity index (χ1n) is 2.08. The van der Waals surface area contributed by atoms with Gasteiger partial charge in [0.1, 0.15) is 6.61 Å². The molecule has 0 radical (unpaired) electrons. The van der Waals surface area contributed by atoms with Crippen molar-refractivity contribution in [3.8, 4) is 0 Å². The lowest BCUT2D eigenvalue weighted by atomic mass is 10.8. The van der Waals surface area contributed by atoms with Crippen LogP contribution in [0.25, 0.3) is 0 Å². The van der Waals surface area contributed by atoms with Gasteiger partial charge in [0.2, 0.25) is 0 Å². The summed E-state index contributed by atoms with van der Waals surface area (Å²) in [6.45, 7) is 4.47. The van der Waals surface area contributed by atoms with Crippen molar-refractivity contribution in [2.75, 3.05) is 6.61 Å². The SMILES string of the molecule is C=CC.O=C(O)CO.[SiH4]. The number of aliphatic hydroxyl groups is 1. The van der Waals surface area contributed by atoms with E-state index >= 15 is 0 Å². The Hall–Kier alpha value is -0.613. The van der Waals surface area contributed by atoms with Crippen molar-refractivity contribution in [3.05, 3.63) is 12.7 Å². The number of carbonyl (C=O) groups is 1. The molecule has 0 spiro atoms. The van der Waals surface area contributed by atoms with Crippen LogP contribution in [-0.2, 0) is 4.79 Å². The van der Waals surface area contributed by atoms with E-state index in [1.807, 2.05) is 6.92 Å². The first-order valence-corrected chi connectivity index (χ1v) is 2.08. The Bertz CT molecular complexity index is 72.6. The van der Waals surface area contributed by atoms with Gasteiger partial charge in [0, 0.05) is 0 Å². The molecule has 0 aliphatic carbocycles. The third kappa shape index (κ3) is 111. The highest BCUT2D eigenvalue weighted by molar-refractivity contribution is 5.75. The molecular weight excluding hydrogens is 136 g/mol. The van der Waals surface area contributed by atoms with Crippen LogP contribution in [0.5, 0.6) is 0 Å². The quantitative estimate of drug-likeness (QED) is 0.365. The van der Waals surface area contributed by atoms with E-state index in [0.717, 1.165) is 0 Å². The van der Waals surface area contributed by atoms with Crippen molar-refractivity contribution >= 4 is 16.9 Å². The van der Waals surface area contributed by atoms with Gasteiger partial charge in [0.25, 0.3) is 0 Å². The predicted molar refractivity (Wildman–Crippen MR) is 41.9 cm³/mol. The summed E-state index contributed by atoms with van der Waals surface area (Å²) < 4.78 is 0. The van der Waals surface area contributed by atoms with Gasteiger partial charge in [0.15, 0.2) is 0 Å². The fourth-order valence-corrected chi connectivity index (χ4v) is 0. The Balaban J connectivity index is -0.0000000800. The van der Waals surface area contributed by atoms with Crippen molar-refractivity contribution in [3.63, 3.8) is 0 Å². The highest BCUT2D eigenvalue weighted by Crippen LogP contribution is 1.48. The Morgan fingerprint density at radius 2 is 1.89 bits per heavy atom. The van der Waals surface area contributed by atoms with Gasteiger partial charge in [-0.25, -0.2) is 4.79 Å². The number of aliphatic hydroxyl groups excluding tert-OH is 1. The normalized spacial score (nSPS) is 5.56. The number of rotatable bonds is 1. The largest absolute Gasteiger partial charge is 0.480 e. The zero-order valence-electron chi connectivity index (χ0n) is 4.79. The lowest BCUT2D eigenvalue weighted by molar-refractivity contribution is -0.140. The zero-order valence-corrected chi connectivity index (χ0v) is 4.79. The maximum absolute atomic E-state index is 9.12. The van der Waals surface area contributed by atoms with E-state index < -0.39 is 12.6 Å². The molecule has 0 fully saturated rings. The van der Waals surface area contributed by atoms with E-state index in [9.17, 15) is 0 Å². The molecule has 0 amide bonds. The molecule has 0 aromatic carbocycles. The molecule has 3 nitrogen and oxygen atoms in total. The second-order valence-electron chi connectivity index (χ2n) is 0.960. The molecule has 0 saturated carbocycles. The molecule has 0 unspecified atom stereocenters. The summed E-state index contributed by atoms with van der Waals surface area (Å²) in [5.74, 6) is -1.19. The minimum absolute atomic E-state index is 0. The summed E-state index contributed by atoms with van der Waals surface area (Å²) >= 11 is 0. The van der Waals surface area contributed by atoms with Crippen LogP contribution in [0.1, 0.15) is 6.92 Å². The van der Waals surface area contributed by atoms with E-state index in [1.165, 1.54) is 0 Å². The number of hydrogen-bond donors (Lipinski definition) is 2. The topological polar surface area (TPSA) is 57.5 Å². The molecule has 0 saturated heterocycles. The van der Waals surface area contributed by atoms with Crippen molar-refractivity contribution in [1.82, 2.24) is 0 Å². The Labute approximate surface area is 59.0 Å². The van der Waals surface area contributed by atoms with Crippen molar-refractivity contribution in [1.29, 1.82) is 0 Å². The standard InChI is InChI=1S/C3H6.C2H4O3.H4Si/c1-3-2;3-1-2(4)5;/h3H,1H2,2H3;3H,1H2,(H,4,5);1H4. The highest BCUT2D eigenvalue weighted by atomic mass is 28.1. The molecule has 0 rings (SSSR count). The van der Waals surface area contributed by atoms with E-state index in [1.54, 1.807) is 6.08 Å². The lowest BCUT2D eigenvalue weighted by Crippen LogP contribution is -1.98. The molecule has 0 heterocycles. The second kappa shape index (κ2) is 15.7. The summed E-state index contributed by atoms with van der Waals surface area (Å²) in [6.07, 6.45) is 1.75. The van der Waals surface area contributed by atoms with Gasteiger partial charge in [0.05, 0.1) is 0 Å². The summed E-state index contributed by atoms with van der Waals surface area (Å²) in [4.78, 5) is 9.12. The van der Waals surface area contributed by atoms with E-state index in [2.05, 4.69) is 6.58 Å². The summed E-state index contributed by atoms with van der Waals surface area (Å²) in [5, 5.41) is 15.0. The van der Waals surface area contributed by atoms with E-state index in [-0.39, 0.29) is 11.0 Å². The summed E-state index contributed by atoms with van der Waals surface area (Å²) in [7, 11) is 0. The number of aliphatic carboxylic acids is 1. The predicted octanol–water partition coefficient (Wildman–Crippen LogP) is -1.20. The first-order chi connectivity index (χ1) is 3.68. The maximum Gasteiger partial charge on any atom is 0.329 e. The van der Waals surface area contributed by atoms with Gasteiger partial charge in [-0.15, -0.1) is 6.58 Å². The molecular formula is C5H14O3Si. The molecule has 9 heavy (non-hydrogen) atoms. The summed E-state index contributed by atoms with van der Waals surface area (Å²) in [6, 6.07) is 0. The second-order valence-corrected chi connectivity index (χ2v) is 0.960. The number of carboxylic acid groups (broad SMARTS) is 1. The average molecular weight is 150 g/mol. The molecule has 0 aliphatic rings. The fourth-order valence-electron chi connectivity index (χ4n) is 0. The molecule has 0 aromatic rings. The molecule has 2 N–H and O–H groups in total. The Kier molecular flexibility index (Phi) is 27.4. The maximum atomic E-state index is 9.12. The van der Waals surface area contributed by atoms with Gasteiger partial charge >= 0.3 is 5.97 Å².